The molecule has 1 N–H and O–H groups in total. The number of likely N-dealkylation sites (tertiary alicyclic amines) is 1. The van der Waals surface area contributed by atoms with Crippen LogP contribution in [0.1, 0.15) is 41.6 Å². The quantitative estimate of drug-likeness (QED) is 0.849. The number of benzene rings is 1. The van der Waals surface area contributed by atoms with Crippen LogP contribution in [0.15, 0.2) is 18.2 Å². The molecule has 1 aromatic rings. The molecule has 0 atom stereocenters. The van der Waals surface area contributed by atoms with Gasteiger partial charge in [-0.25, -0.2) is 4.39 Å². The lowest BCUT2D eigenvalue weighted by Crippen LogP contribution is -2.45. The Kier molecular flexibility index (Phi) is 4.80. The number of amides is 1. The first-order valence-corrected chi connectivity index (χ1v) is 8.24. The van der Waals surface area contributed by atoms with E-state index in [1.807, 2.05) is 0 Å². The minimum absolute atomic E-state index is 0.320. The standard InChI is InChI=1S/C17H20F4N2O/c18-15-4-3-12(17(19,20)21)9-14(15)16(24)23-7-5-13(6-8-23)22-10-11-1-2-11/h3-4,9,11,13,22H,1-2,5-8,10H2. The molecule has 1 saturated carbocycles. The molecular formula is C17H20F4N2O. The number of nitrogens with one attached hydrogen (secondary N) is 1. The highest BCUT2D eigenvalue weighted by molar-refractivity contribution is 5.94. The Labute approximate surface area is 138 Å². The summed E-state index contributed by atoms with van der Waals surface area (Å²) in [5.41, 5.74) is -1.51. The minimum atomic E-state index is -4.59. The summed E-state index contributed by atoms with van der Waals surface area (Å²) in [5, 5.41) is 3.46. The Morgan fingerprint density at radius 1 is 1.17 bits per heavy atom. The van der Waals surface area contributed by atoms with Crippen LogP contribution in [-0.2, 0) is 6.18 Å². The number of rotatable bonds is 4. The molecule has 3 rings (SSSR count). The number of hydrogen-bond acceptors (Lipinski definition) is 2. The Bertz CT molecular complexity index is 605. The van der Waals surface area contributed by atoms with Crippen molar-refractivity contribution < 1.29 is 22.4 Å². The summed E-state index contributed by atoms with van der Waals surface area (Å²) in [7, 11) is 0. The second-order valence-corrected chi connectivity index (χ2v) is 6.61. The fraction of sp³-hybridized carbons (Fsp3) is 0.588. The zero-order valence-corrected chi connectivity index (χ0v) is 13.2. The summed E-state index contributed by atoms with van der Waals surface area (Å²) in [4.78, 5) is 13.8. The molecule has 0 unspecified atom stereocenters. The van der Waals surface area contributed by atoms with Crippen molar-refractivity contribution >= 4 is 5.91 Å². The van der Waals surface area contributed by atoms with Gasteiger partial charge in [-0.3, -0.25) is 4.79 Å². The van der Waals surface area contributed by atoms with E-state index < -0.39 is 29.0 Å². The van der Waals surface area contributed by atoms with Gasteiger partial charge in [-0.05, 0) is 56.3 Å². The lowest BCUT2D eigenvalue weighted by atomic mass is 10.0. The van der Waals surface area contributed by atoms with E-state index in [1.165, 1.54) is 17.7 Å². The third-order valence-corrected chi connectivity index (χ3v) is 4.70. The second-order valence-electron chi connectivity index (χ2n) is 6.61. The third-order valence-electron chi connectivity index (χ3n) is 4.70. The van der Waals surface area contributed by atoms with Gasteiger partial charge in [-0.1, -0.05) is 0 Å². The van der Waals surface area contributed by atoms with Crippen LogP contribution in [0, 0.1) is 11.7 Å². The lowest BCUT2D eigenvalue weighted by molar-refractivity contribution is -0.137. The van der Waals surface area contributed by atoms with Crippen molar-refractivity contribution in [2.45, 2.75) is 37.9 Å². The molecule has 132 valence electrons. The third kappa shape index (κ3) is 4.06. The zero-order chi connectivity index (χ0) is 17.3. The molecule has 1 saturated heterocycles. The van der Waals surface area contributed by atoms with Crippen molar-refractivity contribution in [2.24, 2.45) is 5.92 Å². The van der Waals surface area contributed by atoms with Gasteiger partial charge in [0.15, 0.2) is 0 Å². The molecule has 1 aliphatic heterocycles. The minimum Gasteiger partial charge on any atom is -0.338 e. The van der Waals surface area contributed by atoms with Crippen LogP contribution in [0.25, 0.3) is 0 Å². The maximum Gasteiger partial charge on any atom is 0.416 e. The molecule has 1 aromatic carbocycles. The van der Waals surface area contributed by atoms with E-state index >= 15 is 0 Å². The van der Waals surface area contributed by atoms with Crippen molar-refractivity contribution in [1.82, 2.24) is 10.2 Å². The average Bonchev–Trinajstić information content (AvgIpc) is 3.36. The van der Waals surface area contributed by atoms with Gasteiger partial charge in [0.05, 0.1) is 11.1 Å². The van der Waals surface area contributed by atoms with Crippen LogP contribution in [0.3, 0.4) is 0 Å². The summed E-state index contributed by atoms with van der Waals surface area (Å²) in [5.74, 6) is -0.815. The van der Waals surface area contributed by atoms with Gasteiger partial charge in [-0.2, -0.15) is 13.2 Å². The lowest BCUT2D eigenvalue weighted by Gasteiger charge is -2.32. The average molecular weight is 344 g/mol. The summed E-state index contributed by atoms with van der Waals surface area (Å²) in [6.45, 7) is 1.84. The van der Waals surface area contributed by atoms with E-state index in [9.17, 15) is 22.4 Å². The van der Waals surface area contributed by atoms with E-state index in [4.69, 9.17) is 0 Å². The molecular weight excluding hydrogens is 324 g/mol. The molecule has 3 nitrogen and oxygen atoms in total. The Hall–Kier alpha value is -1.63. The van der Waals surface area contributed by atoms with Crippen LogP contribution >= 0.6 is 0 Å². The van der Waals surface area contributed by atoms with Gasteiger partial charge >= 0.3 is 6.18 Å². The first kappa shape index (κ1) is 17.2. The fourth-order valence-electron chi connectivity index (χ4n) is 2.98. The van der Waals surface area contributed by atoms with Crippen LogP contribution < -0.4 is 5.32 Å². The van der Waals surface area contributed by atoms with E-state index in [0.29, 0.717) is 37.3 Å². The maximum absolute atomic E-state index is 13.8. The molecule has 24 heavy (non-hydrogen) atoms. The van der Waals surface area contributed by atoms with E-state index in [1.54, 1.807) is 0 Å². The van der Waals surface area contributed by atoms with Crippen LogP contribution in [0.4, 0.5) is 17.6 Å². The number of halogens is 4. The van der Waals surface area contributed by atoms with Gasteiger partial charge < -0.3 is 10.2 Å². The molecule has 0 spiro atoms. The van der Waals surface area contributed by atoms with E-state index in [0.717, 1.165) is 25.3 Å². The summed E-state index contributed by atoms with van der Waals surface area (Å²) in [6, 6.07) is 2.29. The van der Waals surface area contributed by atoms with Gasteiger partial charge in [0.1, 0.15) is 5.82 Å². The highest BCUT2D eigenvalue weighted by Crippen LogP contribution is 2.31. The molecule has 1 amide bonds. The second kappa shape index (κ2) is 6.70. The molecule has 0 aromatic heterocycles. The number of nitrogens with zero attached hydrogens (tertiary/aromatic N) is 1. The predicted octanol–water partition coefficient (Wildman–Crippen LogP) is 3.45. The largest absolute Gasteiger partial charge is 0.416 e. The Morgan fingerprint density at radius 3 is 2.42 bits per heavy atom. The number of hydrogen-bond donors (Lipinski definition) is 1. The predicted molar refractivity (Wildman–Crippen MR) is 81.1 cm³/mol. The number of carbonyl (C=O) groups is 1. The normalized spacial score (nSPS) is 19.6. The monoisotopic (exact) mass is 344 g/mol. The van der Waals surface area contributed by atoms with Gasteiger partial charge in [0, 0.05) is 19.1 Å². The van der Waals surface area contributed by atoms with E-state index in [2.05, 4.69) is 5.32 Å². The summed E-state index contributed by atoms with van der Waals surface area (Å²) in [6.07, 6.45) is -0.598. The molecule has 2 aliphatic rings. The molecule has 1 heterocycles. The first-order valence-electron chi connectivity index (χ1n) is 8.24. The maximum atomic E-state index is 13.8. The fourth-order valence-corrected chi connectivity index (χ4v) is 2.98. The smallest absolute Gasteiger partial charge is 0.338 e. The molecule has 7 heteroatoms. The number of piperidine rings is 1. The molecule has 2 fully saturated rings. The van der Waals surface area contributed by atoms with Crippen LogP contribution in [0.2, 0.25) is 0 Å². The number of carbonyl (C=O) groups excluding carboxylic acids is 1. The van der Waals surface area contributed by atoms with Gasteiger partial charge in [0.2, 0.25) is 0 Å². The molecule has 1 aliphatic carbocycles. The Morgan fingerprint density at radius 2 is 1.83 bits per heavy atom. The van der Waals surface area contributed by atoms with Gasteiger partial charge in [-0.15, -0.1) is 0 Å². The van der Waals surface area contributed by atoms with Gasteiger partial charge in [0.25, 0.3) is 5.91 Å². The number of alkyl halides is 3. The van der Waals surface area contributed by atoms with Crippen molar-refractivity contribution in [3.63, 3.8) is 0 Å². The van der Waals surface area contributed by atoms with Crippen molar-refractivity contribution in [1.29, 1.82) is 0 Å². The van der Waals surface area contributed by atoms with E-state index in [-0.39, 0.29) is 0 Å². The van der Waals surface area contributed by atoms with Crippen molar-refractivity contribution in [2.75, 3.05) is 19.6 Å². The zero-order valence-electron chi connectivity index (χ0n) is 13.2. The van der Waals surface area contributed by atoms with Crippen LogP contribution in [0.5, 0.6) is 0 Å². The molecule has 0 bridgehead atoms. The molecule has 0 radical (unpaired) electrons. The topological polar surface area (TPSA) is 32.3 Å². The summed E-state index contributed by atoms with van der Waals surface area (Å²) < 4.78 is 52.1. The highest BCUT2D eigenvalue weighted by Gasteiger charge is 2.33. The SMILES string of the molecule is O=C(c1cc(C(F)(F)F)ccc1F)N1CCC(NCC2CC2)CC1. The van der Waals surface area contributed by atoms with Crippen molar-refractivity contribution in [3.05, 3.63) is 35.1 Å². The van der Waals surface area contributed by atoms with Crippen LogP contribution in [-0.4, -0.2) is 36.5 Å². The first-order chi connectivity index (χ1) is 11.3. The van der Waals surface area contributed by atoms with Crippen molar-refractivity contribution in [3.8, 4) is 0 Å². The Balaban J connectivity index is 1.62. The summed E-state index contributed by atoms with van der Waals surface area (Å²) >= 11 is 0. The highest BCUT2D eigenvalue weighted by atomic mass is 19.4.